The smallest absolute Gasteiger partial charge is 0.0698 e. The molecule has 0 nitrogen and oxygen atoms in total. The molecule has 0 N–H and O–H groups in total. The summed E-state index contributed by atoms with van der Waals surface area (Å²) in [5.74, 6) is 0. The summed E-state index contributed by atoms with van der Waals surface area (Å²) in [4.78, 5) is 0. The zero-order valence-corrected chi connectivity index (χ0v) is 20.1. The van der Waals surface area contributed by atoms with Gasteiger partial charge in [-0.05, 0) is 27.8 Å². The topological polar surface area (TPSA) is 0 Å². The molecule has 3 aromatic rings. The maximum Gasteiger partial charge on any atom is 0.0698 e. The molecule has 0 bridgehead atoms. The first-order valence-corrected chi connectivity index (χ1v) is 14.5. The van der Waals surface area contributed by atoms with Crippen molar-refractivity contribution in [1.29, 1.82) is 0 Å². The zero-order valence-electron chi connectivity index (χ0n) is 19.1. The van der Waals surface area contributed by atoms with Crippen LogP contribution in [0.3, 0.4) is 0 Å². The highest BCUT2D eigenvalue weighted by atomic mass is 28.3. The van der Waals surface area contributed by atoms with Crippen LogP contribution in [0, 0.1) is 0 Å². The Morgan fingerprint density at radius 1 is 0.613 bits per heavy atom. The van der Waals surface area contributed by atoms with Crippen LogP contribution in [0.15, 0.2) is 115 Å². The van der Waals surface area contributed by atoms with Crippen molar-refractivity contribution in [1.82, 2.24) is 0 Å². The van der Waals surface area contributed by atoms with Crippen molar-refractivity contribution in [3.05, 3.63) is 131 Å². The number of rotatable bonds is 8. The normalized spacial score (nSPS) is 16.4. The fourth-order valence-corrected chi connectivity index (χ4v) is 9.62. The molecule has 0 radical (unpaired) electrons. The first-order chi connectivity index (χ1) is 15.2. The monoisotopic (exact) mass is 422 g/mol. The van der Waals surface area contributed by atoms with Crippen LogP contribution >= 0.6 is 0 Å². The minimum atomic E-state index is -1.37. The van der Waals surface area contributed by atoms with Crippen molar-refractivity contribution in [3.63, 3.8) is 0 Å². The fourth-order valence-electron chi connectivity index (χ4n) is 5.66. The second-order valence-electron chi connectivity index (χ2n) is 8.78. The molecule has 4 rings (SSSR count). The van der Waals surface area contributed by atoms with Gasteiger partial charge < -0.3 is 0 Å². The maximum absolute atomic E-state index is 2.63. The maximum atomic E-state index is 2.63. The van der Waals surface area contributed by atoms with E-state index in [1.807, 2.05) is 0 Å². The molecule has 158 valence electrons. The third-order valence-electron chi connectivity index (χ3n) is 7.72. The third kappa shape index (κ3) is 3.66. The van der Waals surface area contributed by atoms with Gasteiger partial charge in [-0.2, -0.15) is 0 Å². The molecule has 0 saturated heterocycles. The van der Waals surface area contributed by atoms with E-state index in [9.17, 15) is 0 Å². The molecule has 1 unspecified atom stereocenters. The second-order valence-corrected chi connectivity index (χ2v) is 14.3. The molecule has 0 saturated carbocycles. The molecule has 1 aliphatic rings. The van der Waals surface area contributed by atoms with Crippen molar-refractivity contribution in [2.45, 2.75) is 49.9 Å². The van der Waals surface area contributed by atoms with Gasteiger partial charge in [-0.1, -0.05) is 148 Å². The number of hydrogen-bond acceptors (Lipinski definition) is 0. The molecule has 0 heterocycles. The molecule has 31 heavy (non-hydrogen) atoms. The first-order valence-electron chi connectivity index (χ1n) is 11.8. The Hall–Kier alpha value is -2.64. The summed E-state index contributed by atoms with van der Waals surface area (Å²) in [5, 5.41) is 0. The Morgan fingerprint density at radius 2 is 1.00 bits per heavy atom. The van der Waals surface area contributed by atoms with Crippen LogP contribution in [-0.2, 0) is 5.41 Å². The van der Waals surface area contributed by atoms with E-state index in [0.717, 1.165) is 0 Å². The van der Waals surface area contributed by atoms with Gasteiger partial charge in [-0.25, -0.2) is 0 Å². The van der Waals surface area contributed by atoms with Crippen LogP contribution in [0.5, 0.6) is 0 Å². The summed E-state index contributed by atoms with van der Waals surface area (Å²) in [5.41, 5.74) is 5.73. The van der Waals surface area contributed by atoms with E-state index in [2.05, 4.69) is 130 Å². The molecule has 0 spiro atoms. The molecule has 0 fully saturated rings. The van der Waals surface area contributed by atoms with E-state index in [0.29, 0.717) is 5.54 Å². The van der Waals surface area contributed by atoms with Crippen molar-refractivity contribution < 1.29 is 0 Å². The second kappa shape index (κ2) is 9.24. The lowest BCUT2D eigenvalue weighted by atomic mass is 9.65. The lowest BCUT2D eigenvalue weighted by Crippen LogP contribution is -2.36. The summed E-state index contributed by atoms with van der Waals surface area (Å²) in [6.45, 7) is 7.24. The van der Waals surface area contributed by atoms with E-state index in [-0.39, 0.29) is 5.41 Å². The molecule has 3 aromatic carbocycles. The highest BCUT2D eigenvalue weighted by molar-refractivity contribution is 6.82. The lowest BCUT2D eigenvalue weighted by molar-refractivity contribution is 0.744. The van der Waals surface area contributed by atoms with E-state index >= 15 is 0 Å². The van der Waals surface area contributed by atoms with Gasteiger partial charge in [0.2, 0.25) is 0 Å². The molecular weight excluding hydrogens is 388 g/mol. The van der Waals surface area contributed by atoms with Gasteiger partial charge in [0.05, 0.1) is 13.5 Å². The quantitative estimate of drug-likeness (QED) is 0.252. The van der Waals surface area contributed by atoms with E-state index in [4.69, 9.17) is 0 Å². The van der Waals surface area contributed by atoms with E-state index < -0.39 is 8.07 Å². The fraction of sp³-hybridized carbons (Fsp3) is 0.267. The van der Waals surface area contributed by atoms with Crippen LogP contribution < -0.4 is 0 Å². The average Bonchev–Trinajstić information content (AvgIpc) is 3.34. The van der Waals surface area contributed by atoms with Gasteiger partial charge in [0, 0.05) is 0 Å². The third-order valence-corrected chi connectivity index (χ3v) is 13.7. The van der Waals surface area contributed by atoms with Gasteiger partial charge in [0.1, 0.15) is 0 Å². The minimum Gasteiger partial charge on any atom is -0.0800 e. The number of allylic oxidation sites excluding steroid dienone is 4. The van der Waals surface area contributed by atoms with Crippen molar-refractivity contribution in [2.24, 2.45) is 0 Å². The van der Waals surface area contributed by atoms with Gasteiger partial charge in [0.25, 0.3) is 0 Å². The van der Waals surface area contributed by atoms with Crippen LogP contribution in [0.25, 0.3) is 0 Å². The molecule has 1 atom stereocenters. The molecule has 0 aliphatic heterocycles. The predicted octanol–water partition coefficient (Wildman–Crippen LogP) is 8.40. The SMILES string of the molecule is CC[Si](CC)(CC)C1C=CC(C(c2ccccc2)(c2ccccc2)c2ccccc2)=C1. The Bertz CT molecular complexity index is 923. The van der Waals surface area contributed by atoms with E-state index in [1.54, 1.807) is 0 Å². The number of hydrogen-bond donors (Lipinski definition) is 0. The van der Waals surface area contributed by atoms with Gasteiger partial charge in [-0.15, -0.1) is 0 Å². The lowest BCUT2D eigenvalue weighted by Gasteiger charge is -2.38. The van der Waals surface area contributed by atoms with Crippen molar-refractivity contribution >= 4 is 8.07 Å². The van der Waals surface area contributed by atoms with Crippen LogP contribution in [0.4, 0.5) is 0 Å². The minimum absolute atomic E-state index is 0.301. The molecule has 0 amide bonds. The van der Waals surface area contributed by atoms with Crippen molar-refractivity contribution in [3.8, 4) is 0 Å². The predicted molar refractivity (Wildman–Crippen MR) is 137 cm³/mol. The Labute approximate surface area is 189 Å². The standard InChI is InChI=1S/C30H34Si/c1-4-31(5-2,6-3)29-23-22-28(24-29)30(25-16-10-7-11-17-25,26-18-12-8-13-19-26)27-20-14-9-15-21-27/h7-24,29H,4-6H2,1-3H3. The highest BCUT2D eigenvalue weighted by Crippen LogP contribution is 2.50. The molecule has 1 aliphatic carbocycles. The largest absolute Gasteiger partial charge is 0.0800 e. The molecular formula is C30H34Si. The van der Waals surface area contributed by atoms with Gasteiger partial charge >= 0.3 is 0 Å². The summed E-state index contributed by atoms with van der Waals surface area (Å²) in [6, 6.07) is 37.2. The molecule has 1 heteroatoms. The van der Waals surface area contributed by atoms with Gasteiger partial charge in [-0.3, -0.25) is 0 Å². The Morgan fingerprint density at radius 3 is 1.35 bits per heavy atom. The van der Waals surface area contributed by atoms with Crippen LogP contribution in [-0.4, -0.2) is 8.07 Å². The number of benzene rings is 3. The van der Waals surface area contributed by atoms with Crippen LogP contribution in [0.2, 0.25) is 23.7 Å². The highest BCUT2D eigenvalue weighted by Gasteiger charge is 2.43. The Kier molecular flexibility index (Phi) is 6.43. The summed E-state index contributed by atoms with van der Waals surface area (Å²) >= 11 is 0. The van der Waals surface area contributed by atoms with Crippen molar-refractivity contribution in [2.75, 3.05) is 0 Å². The summed E-state index contributed by atoms with van der Waals surface area (Å²) < 4.78 is 0. The average molecular weight is 423 g/mol. The first kappa shape index (κ1) is 21.6. The van der Waals surface area contributed by atoms with Crippen LogP contribution in [0.1, 0.15) is 37.5 Å². The zero-order chi connectivity index (χ0) is 21.7. The van der Waals surface area contributed by atoms with Gasteiger partial charge in [0.15, 0.2) is 0 Å². The Balaban J connectivity index is 2.01. The molecule has 0 aromatic heterocycles. The summed E-state index contributed by atoms with van der Waals surface area (Å²) in [6.07, 6.45) is 7.61. The summed E-state index contributed by atoms with van der Waals surface area (Å²) in [7, 11) is -1.37. The van der Waals surface area contributed by atoms with E-state index in [1.165, 1.54) is 40.4 Å².